The first kappa shape index (κ1) is 21.1. The molecule has 1 aromatic heterocycles. The molecule has 154 valence electrons. The van der Waals surface area contributed by atoms with E-state index >= 15 is 0 Å². The highest BCUT2D eigenvalue weighted by molar-refractivity contribution is 8.01. The second-order valence-electron chi connectivity index (χ2n) is 6.63. The van der Waals surface area contributed by atoms with Crippen molar-refractivity contribution < 1.29 is 14.4 Å². The summed E-state index contributed by atoms with van der Waals surface area (Å²) < 4.78 is 0.669. The van der Waals surface area contributed by atoms with E-state index in [-0.39, 0.29) is 29.4 Å². The molecule has 3 rings (SSSR count). The molecule has 1 fully saturated rings. The fraction of sp³-hybridized carbons (Fsp3) is 0.389. The minimum Gasteiger partial charge on any atom is -0.369 e. The molecule has 1 atom stereocenters. The van der Waals surface area contributed by atoms with E-state index in [1.54, 1.807) is 17.0 Å². The lowest BCUT2D eigenvalue weighted by Crippen LogP contribution is -2.44. The first-order chi connectivity index (χ1) is 13.9. The Morgan fingerprint density at radius 1 is 1.31 bits per heavy atom. The minimum atomic E-state index is -0.349. The van der Waals surface area contributed by atoms with Crippen LogP contribution in [0.3, 0.4) is 0 Å². The fourth-order valence-electron chi connectivity index (χ4n) is 2.97. The van der Waals surface area contributed by atoms with Crippen molar-refractivity contribution in [2.75, 3.05) is 29.5 Å². The summed E-state index contributed by atoms with van der Waals surface area (Å²) in [5.41, 5.74) is 6.82. The standard InChI is InChI=1S/C18H22N6O3S2/c1-11(25)20-13-5-2-6-14(8-13)21-17-22-23-18(29-17)28-10-15(26)24-7-3-4-12(9-24)16(19)27/h2,5-6,8,12H,3-4,7,9-10H2,1H3,(H2,19,27)(H,20,25)(H,21,22). The lowest BCUT2D eigenvalue weighted by atomic mass is 9.97. The van der Waals surface area contributed by atoms with Crippen LogP contribution in [-0.4, -0.2) is 51.7 Å². The molecule has 2 heterocycles. The minimum absolute atomic E-state index is 0.0336. The van der Waals surface area contributed by atoms with Crippen LogP contribution < -0.4 is 16.4 Å². The van der Waals surface area contributed by atoms with Crippen LogP contribution in [0.4, 0.5) is 16.5 Å². The molecule has 1 aliphatic rings. The number of benzene rings is 1. The Labute approximate surface area is 176 Å². The molecule has 1 aromatic carbocycles. The van der Waals surface area contributed by atoms with Gasteiger partial charge in [0.25, 0.3) is 0 Å². The van der Waals surface area contributed by atoms with Crippen molar-refractivity contribution in [3.05, 3.63) is 24.3 Å². The van der Waals surface area contributed by atoms with Gasteiger partial charge in [-0.25, -0.2) is 0 Å². The number of amides is 3. The van der Waals surface area contributed by atoms with Crippen molar-refractivity contribution in [1.29, 1.82) is 0 Å². The molecule has 2 aromatic rings. The Kier molecular flexibility index (Phi) is 7.04. The quantitative estimate of drug-likeness (QED) is 0.569. The van der Waals surface area contributed by atoms with Crippen LogP contribution in [0.15, 0.2) is 28.6 Å². The number of carbonyl (C=O) groups is 3. The topological polar surface area (TPSA) is 130 Å². The van der Waals surface area contributed by atoms with Gasteiger partial charge in [-0.3, -0.25) is 14.4 Å². The van der Waals surface area contributed by atoms with Gasteiger partial charge >= 0.3 is 0 Å². The molecule has 9 nitrogen and oxygen atoms in total. The summed E-state index contributed by atoms with van der Waals surface area (Å²) >= 11 is 2.65. The number of nitrogens with two attached hydrogens (primary N) is 1. The Balaban J connectivity index is 1.52. The van der Waals surface area contributed by atoms with Gasteiger partial charge in [-0.15, -0.1) is 10.2 Å². The zero-order chi connectivity index (χ0) is 20.8. The first-order valence-corrected chi connectivity index (χ1v) is 10.9. The molecule has 29 heavy (non-hydrogen) atoms. The molecule has 1 aliphatic heterocycles. The smallest absolute Gasteiger partial charge is 0.233 e. The van der Waals surface area contributed by atoms with E-state index in [9.17, 15) is 14.4 Å². The van der Waals surface area contributed by atoms with Gasteiger partial charge in [0, 0.05) is 31.4 Å². The normalized spacial score (nSPS) is 16.3. The summed E-state index contributed by atoms with van der Waals surface area (Å²) in [6.07, 6.45) is 1.52. The number of hydrogen-bond acceptors (Lipinski definition) is 8. The van der Waals surface area contributed by atoms with Crippen molar-refractivity contribution in [1.82, 2.24) is 15.1 Å². The molecule has 0 spiro atoms. The number of carbonyl (C=O) groups excluding carboxylic acids is 3. The molecule has 1 unspecified atom stereocenters. The van der Waals surface area contributed by atoms with E-state index in [4.69, 9.17) is 5.73 Å². The number of anilines is 3. The number of nitrogens with one attached hydrogen (secondary N) is 2. The van der Waals surface area contributed by atoms with Crippen LogP contribution in [0.5, 0.6) is 0 Å². The summed E-state index contributed by atoms with van der Waals surface area (Å²) in [5, 5.41) is 14.6. The van der Waals surface area contributed by atoms with E-state index in [1.165, 1.54) is 30.0 Å². The maximum absolute atomic E-state index is 12.4. The number of piperidine rings is 1. The number of thioether (sulfide) groups is 1. The van der Waals surface area contributed by atoms with E-state index < -0.39 is 0 Å². The van der Waals surface area contributed by atoms with Gasteiger partial charge in [-0.05, 0) is 31.0 Å². The van der Waals surface area contributed by atoms with Gasteiger partial charge in [0.1, 0.15) is 0 Å². The van der Waals surface area contributed by atoms with E-state index in [0.29, 0.717) is 28.2 Å². The third-order valence-electron chi connectivity index (χ3n) is 4.34. The Morgan fingerprint density at radius 2 is 2.10 bits per heavy atom. The van der Waals surface area contributed by atoms with Crippen LogP contribution in [-0.2, 0) is 14.4 Å². The molecule has 3 amide bonds. The average Bonchev–Trinajstić information content (AvgIpc) is 3.13. The number of primary amides is 1. The second kappa shape index (κ2) is 9.70. The molecule has 0 saturated carbocycles. The van der Waals surface area contributed by atoms with E-state index in [0.717, 1.165) is 18.5 Å². The van der Waals surface area contributed by atoms with Crippen molar-refractivity contribution in [2.24, 2.45) is 11.7 Å². The van der Waals surface area contributed by atoms with Crippen LogP contribution in [0.1, 0.15) is 19.8 Å². The van der Waals surface area contributed by atoms with Gasteiger partial charge in [0.2, 0.25) is 22.9 Å². The maximum Gasteiger partial charge on any atom is 0.233 e. The molecule has 0 aliphatic carbocycles. The summed E-state index contributed by atoms with van der Waals surface area (Å²) in [4.78, 5) is 36.6. The van der Waals surface area contributed by atoms with Crippen molar-refractivity contribution in [2.45, 2.75) is 24.1 Å². The van der Waals surface area contributed by atoms with Crippen molar-refractivity contribution >= 4 is 57.3 Å². The molecule has 11 heteroatoms. The second-order valence-corrected chi connectivity index (χ2v) is 8.83. The average molecular weight is 435 g/mol. The number of nitrogens with zero attached hydrogens (tertiary/aromatic N) is 3. The molecular weight excluding hydrogens is 412 g/mol. The monoisotopic (exact) mass is 434 g/mol. The van der Waals surface area contributed by atoms with Gasteiger partial charge in [-0.2, -0.15) is 0 Å². The number of hydrogen-bond donors (Lipinski definition) is 3. The van der Waals surface area contributed by atoms with Gasteiger partial charge in [0.05, 0.1) is 11.7 Å². The summed E-state index contributed by atoms with van der Waals surface area (Å²) in [6, 6.07) is 7.27. The van der Waals surface area contributed by atoms with E-state index in [2.05, 4.69) is 20.8 Å². The Bertz CT molecular complexity index is 903. The third kappa shape index (κ3) is 6.16. The predicted molar refractivity (Wildman–Crippen MR) is 113 cm³/mol. The fourth-order valence-corrected chi connectivity index (χ4v) is 4.65. The largest absolute Gasteiger partial charge is 0.369 e. The molecule has 0 radical (unpaired) electrons. The predicted octanol–water partition coefficient (Wildman–Crippen LogP) is 2.06. The molecular formula is C18H22N6O3S2. The van der Waals surface area contributed by atoms with Gasteiger partial charge in [0.15, 0.2) is 4.34 Å². The summed E-state index contributed by atoms with van der Waals surface area (Å²) in [5.74, 6) is -0.551. The first-order valence-electron chi connectivity index (χ1n) is 9.09. The molecule has 1 saturated heterocycles. The van der Waals surface area contributed by atoms with Crippen LogP contribution in [0, 0.1) is 5.92 Å². The number of likely N-dealkylation sites (tertiary alicyclic amines) is 1. The highest BCUT2D eigenvalue weighted by Gasteiger charge is 2.27. The summed E-state index contributed by atoms with van der Waals surface area (Å²) in [7, 11) is 0. The van der Waals surface area contributed by atoms with Gasteiger partial charge in [-0.1, -0.05) is 29.2 Å². The van der Waals surface area contributed by atoms with E-state index in [1.807, 2.05) is 12.1 Å². The number of aromatic nitrogens is 2. The van der Waals surface area contributed by atoms with Crippen molar-refractivity contribution in [3.8, 4) is 0 Å². The van der Waals surface area contributed by atoms with Crippen molar-refractivity contribution in [3.63, 3.8) is 0 Å². The Hall–Kier alpha value is -2.66. The number of rotatable bonds is 7. The Morgan fingerprint density at radius 3 is 2.86 bits per heavy atom. The lowest BCUT2D eigenvalue weighted by Gasteiger charge is -2.31. The lowest BCUT2D eigenvalue weighted by molar-refractivity contribution is -0.132. The van der Waals surface area contributed by atoms with Crippen LogP contribution in [0.2, 0.25) is 0 Å². The molecule has 0 bridgehead atoms. The summed E-state index contributed by atoms with van der Waals surface area (Å²) in [6.45, 7) is 2.49. The zero-order valence-electron chi connectivity index (χ0n) is 15.9. The molecule has 4 N–H and O–H groups in total. The zero-order valence-corrected chi connectivity index (χ0v) is 17.5. The SMILES string of the molecule is CC(=O)Nc1cccc(Nc2nnc(SCC(=O)N3CCCC(C(N)=O)C3)s2)c1. The highest BCUT2D eigenvalue weighted by Crippen LogP contribution is 2.29. The highest BCUT2D eigenvalue weighted by atomic mass is 32.2. The third-order valence-corrected chi connectivity index (χ3v) is 6.29. The van der Waals surface area contributed by atoms with Gasteiger partial charge < -0.3 is 21.3 Å². The maximum atomic E-state index is 12.4. The van der Waals surface area contributed by atoms with Crippen LogP contribution >= 0.6 is 23.1 Å². The van der Waals surface area contributed by atoms with Crippen LogP contribution in [0.25, 0.3) is 0 Å².